The number of halogens is 1. The fraction of sp³-hybridized carbons (Fsp3) is 0.300. The highest BCUT2D eigenvalue weighted by atomic mass is 35.5. The van der Waals surface area contributed by atoms with E-state index in [-0.39, 0.29) is 24.5 Å². The number of rotatable bonds is 5. The average molecular weight is 387 g/mol. The summed E-state index contributed by atoms with van der Waals surface area (Å²) in [4.78, 5) is 26.4. The van der Waals surface area contributed by atoms with Crippen LogP contribution in [0.15, 0.2) is 42.5 Å². The minimum atomic E-state index is -0.159. The molecule has 7 heteroatoms. The molecule has 0 radical (unpaired) electrons. The van der Waals surface area contributed by atoms with Crippen molar-refractivity contribution < 1.29 is 19.1 Å². The summed E-state index contributed by atoms with van der Waals surface area (Å²) in [7, 11) is 0. The monoisotopic (exact) mass is 386 g/mol. The Labute approximate surface area is 162 Å². The second-order valence-corrected chi connectivity index (χ2v) is 7.08. The maximum atomic E-state index is 12.5. The predicted molar refractivity (Wildman–Crippen MR) is 100 cm³/mol. The van der Waals surface area contributed by atoms with E-state index >= 15 is 0 Å². The molecule has 0 aromatic heterocycles. The molecule has 2 aromatic carbocycles. The van der Waals surface area contributed by atoms with Gasteiger partial charge >= 0.3 is 0 Å². The molecule has 0 bridgehead atoms. The van der Waals surface area contributed by atoms with E-state index in [9.17, 15) is 9.59 Å². The number of hydrogen-bond donors (Lipinski definition) is 1. The molecule has 27 heavy (non-hydrogen) atoms. The molecule has 2 aromatic rings. The van der Waals surface area contributed by atoms with Gasteiger partial charge in [0.15, 0.2) is 11.5 Å². The molecule has 2 aliphatic rings. The Kier molecular flexibility index (Phi) is 4.90. The largest absolute Gasteiger partial charge is 0.454 e. The van der Waals surface area contributed by atoms with Crippen LogP contribution in [0.5, 0.6) is 11.5 Å². The number of carbonyl (C=O) groups excluding carboxylic acids is 2. The molecule has 6 nitrogen and oxygen atoms in total. The SMILES string of the molecule is O=C(NCCc1ccc(Cl)cc1)C1CN(C(=O)c2ccc3c(c2)OCO3)C1. The van der Waals surface area contributed by atoms with E-state index in [0.29, 0.717) is 41.7 Å². The molecule has 2 heterocycles. The minimum absolute atomic E-state index is 0.0151. The van der Waals surface area contributed by atoms with Crippen molar-refractivity contribution >= 4 is 23.4 Å². The van der Waals surface area contributed by atoms with E-state index in [1.807, 2.05) is 24.3 Å². The van der Waals surface area contributed by atoms with Gasteiger partial charge in [-0.3, -0.25) is 9.59 Å². The smallest absolute Gasteiger partial charge is 0.254 e. The van der Waals surface area contributed by atoms with E-state index < -0.39 is 0 Å². The third kappa shape index (κ3) is 3.85. The molecule has 1 fully saturated rings. The van der Waals surface area contributed by atoms with E-state index in [1.54, 1.807) is 23.1 Å². The summed E-state index contributed by atoms with van der Waals surface area (Å²) >= 11 is 5.86. The van der Waals surface area contributed by atoms with Crippen molar-refractivity contribution in [3.05, 3.63) is 58.6 Å². The van der Waals surface area contributed by atoms with Crippen LogP contribution in [0.4, 0.5) is 0 Å². The second-order valence-electron chi connectivity index (χ2n) is 6.64. The van der Waals surface area contributed by atoms with Crippen molar-refractivity contribution in [2.75, 3.05) is 26.4 Å². The van der Waals surface area contributed by atoms with Crippen LogP contribution in [-0.4, -0.2) is 43.1 Å². The molecular formula is C20H19ClN2O4. The molecular weight excluding hydrogens is 368 g/mol. The third-order valence-electron chi connectivity index (χ3n) is 4.79. The molecule has 2 amide bonds. The van der Waals surface area contributed by atoms with E-state index in [0.717, 1.165) is 12.0 Å². The summed E-state index contributed by atoms with van der Waals surface area (Å²) in [6, 6.07) is 12.7. The van der Waals surface area contributed by atoms with Crippen molar-refractivity contribution in [3.8, 4) is 11.5 Å². The highest BCUT2D eigenvalue weighted by Gasteiger charge is 2.36. The summed E-state index contributed by atoms with van der Waals surface area (Å²) < 4.78 is 10.6. The Hall–Kier alpha value is -2.73. The van der Waals surface area contributed by atoms with Gasteiger partial charge in [0.25, 0.3) is 5.91 Å². The molecule has 0 unspecified atom stereocenters. The van der Waals surface area contributed by atoms with Crippen LogP contribution in [0.25, 0.3) is 0 Å². The second kappa shape index (κ2) is 7.48. The van der Waals surface area contributed by atoms with Crippen LogP contribution < -0.4 is 14.8 Å². The first-order chi connectivity index (χ1) is 13.1. The fourth-order valence-electron chi connectivity index (χ4n) is 3.15. The normalized spacial score (nSPS) is 15.4. The molecule has 4 rings (SSSR count). The van der Waals surface area contributed by atoms with Gasteiger partial charge in [-0.25, -0.2) is 0 Å². The highest BCUT2D eigenvalue weighted by Crippen LogP contribution is 2.33. The number of fused-ring (bicyclic) bond motifs is 1. The van der Waals surface area contributed by atoms with Gasteiger partial charge in [-0.15, -0.1) is 0 Å². The minimum Gasteiger partial charge on any atom is -0.454 e. The lowest BCUT2D eigenvalue weighted by Crippen LogP contribution is -2.55. The zero-order valence-corrected chi connectivity index (χ0v) is 15.4. The van der Waals surface area contributed by atoms with Crippen molar-refractivity contribution in [2.24, 2.45) is 5.92 Å². The Morgan fingerprint density at radius 2 is 1.81 bits per heavy atom. The number of nitrogens with zero attached hydrogens (tertiary/aromatic N) is 1. The van der Waals surface area contributed by atoms with Gasteiger partial charge in [0, 0.05) is 30.2 Å². The highest BCUT2D eigenvalue weighted by molar-refractivity contribution is 6.30. The maximum Gasteiger partial charge on any atom is 0.254 e. The van der Waals surface area contributed by atoms with Gasteiger partial charge in [0.05, 0.1) is 5.92 Å². The van der Waals surface area contributed by atoms with Gasteiger partial charge in [-0.05, 0) is 42.3 Å². The molecule has 0 aliphatic carbocycles. The molecule has 0 saturated carbocycles. The van der Waals surface area contributed by atoms with Crippen LogP contribution in [-0.2, 0) is 11.2 Å². The summed E-state index contributed by atoms with van der Waals surface area (Å²) in [5, 5.41) is 3.63. The van der Waals surface area contributed by atoms with Crippen molar-refractivity contribution in [3.63, 3.8) is 0 Å². The van der Waals surface area contributed by atoms with Crippen LogP contribution >= 0.6 is 11.6 Å². The lowest BCUT2D eigenvalue weighted by molar-refractivity contribution is -0.128. The number of ether oxygens (including phenoxy) is 2. The third-order valence-corrected chi connectivity index (χ3v) is 5.04. The van der Waals surface area contributed by atoms with Crippen LogP contribution in [0, 0.1) is 5.92 Å². The van der Waals surface area contributed by atoms with E-state index in [4.69, 9.17) is 21.1 Å². The standard InChI is InChI=1S/C20H19ClN2O4/c21-16-4-1-13(2-5-16)7-8-22-19(24)15-10-23(11-15)20(25)14-3-6-17-18(9-14)27-12-26-17/h1-6,9,15H,7-8,10-12H2,(H,22,24). The number of carbonyl (C=O) groups is 2. The Morgan fingerprint density at radius 1 is 1.07 bits per heavy atom. The van der Waals surface area contributed by atoms with Gasteiger partial charge in [-0.2, -0.15) is 0 Å². The average Bonchev–Trinajstić information content (AvgIpc) is 3.09. The van der Waals surface area contributed by atoms with Gasteiger partial charge in [0.2, 0.25) is 12.7 Å². The van der Waals surface area contributed by atoms with Crippen molar-refractivity contribution in [1.29, 1.82) is 0 Å². The zero-order chi connectivity index (χ0) is 18.8. The van der Waals surface area contributed by atoms with E-state index in [2.05, 4.69) is 5.32 Å². The van der Waals surface area contributed by atoms with Crippen LogP contribution in [0.3, 0.4) is 0 Å². The number of benzene rings is 2. The van der Waals surface area contributed by atoms with Crippen molar-refractivity contribution in [2.45, 2.75) is 6.42 Å². The Bertz CT molecular complexity index is 863. The lowest BCUT2D eigenvalue weighted by Gasteiger charge is -2.38. The molecule has 140 valence electrons. The topological polar surface area (TPSA) is 67.9 Å². The predicted octanol–water partition coefficient (Wildman–Crippen LogP) is 2.50. The fourth-order valence-corrected chi connectivity index (χ4v) is 3.27. The maximum absolute atomic E-state index is 12.5. The van der Waals surface area contributed by atoms with Gasteiger partial charge in [-0.1, -0.05) is 23.7 Å². The number of nitrogens with one attached hydrogen (secondary N) is 1. The Morgan fingerprint density at radius 3 is 2.59 bits per heavy atom. The summed E-state index contributed by atoms with van der Waals surface area (Å²) in [6.07, 6.45) is 0.746. The summed E-state index contributed by atoms with van der Waals surface area (Å²) in [6.45, 7) is 1.60. The quantitative estimate of drug-likeness (QED) is 0.857. The summed E-state index contributed by atoms with van der Waals surface area (Å²) in [5.41, 5.74) is 1.66. The first-order valence-corrected chi connectivity index (χ1v) is 9.19. The first-order valence-electron chi connectivity index (χ1n) is 8.81. The molecule has 1 N–H and O–H groups in total. The Balaban J connectivity index is 1.23. The summed E-state index contributed by atoms with van der Waals surface area (Å²) in [5.74, 6) is 0.955. The molecule has 0 atom stereocenters. The molecule has 0 spiro atoms. The van der Waals surface area contributed by atoms with E-state index in [1.165, 1.54) is 0 Å². The number of likely N-dealkylation sites (tertiary alicyclic amines) is 1. The zero-order valence-electron chi connectivity index (χ0n) is 14.6. The van der Waals surface area contributed by atoms with Gasteiger partial charge in [0.1, 0.15) is 0 Å². The molecule has 1 saturated heterocycles. The van der Waals surface area contributed by atoms with Crippen molar-refractivity contribution in [1.82, 2.24) is 10.2 Å². The molecule has 2 aliphatic heterocycles. The van der Waals surface area contributed by atoms with Crippen LogP contribution in [0.1, 0.15) is 15.9 Å². The van der Waals surface area contributed by atoms with Crippen LogP contribution in [0.2, 0.25) is 5.02 Å². The van der Waals surface area contributed by atoms with Gasteiger partial charge < -0.3 is 19.7 Å². The lowest BCUT2D eigenvalue weighted by atomic mass is 9.97. The first kappa shape index (κ1) is 17.7. The number of hydrogen-bond acceptors (Lipinski definition) is 4. The number of amides is 2.